The number of hydrogen-bond acceptors (Lipinski definition) is 0. The Bertz CT molecular complexity index is 2330. The Balaban J connectivity index is 0.992. The monoisotopic (exact) mass is 676 g/mol. The van der Waals surface area contributed by atoms with Crippen molar-refractivity contribution in [1.82, 2.24) is 9.13 Å². The van der Waals surface area contributed by atoms with E-state index in [1.807, 2.05) is 0 Å². The molecule has 2 aliphatic carbocycles. The Hall–Kier alpha value is -5.34. The zero-order valence-corrected chi connectivity index (χ0v) is 31.3. The van der Waals surface area contributed by atoms with Crippen molar-refractivity contribution in [1.29, 1.82) is 0 Å². The molecule has 0 amide bonds. The molecule has 2 heterocycles. The van der Waals surface area contributed by atoms with Gasteiger partial charge in [-0.15, -0.1) is 0 Å². The maximum absolute atomic E-state index is 2.49. The third-order valence-electron chi connectivity index (χ3n) is 12.4. The Kier molecular flexibility index (Phi) is 7.59. The Morgan fingerprint density at radius 3 is 1.13 bits per heavy atom. The summed E-state index contributed by atoms with van der Waals surface area (Å²) in [6.45, 7) is 14.1. The van der Waals surface area contributed by atoms with Crippen molar-refractivity contribution in [3.8, 4) is 11.4 Å². The average Bonchev–Trinajstić information content (AvgIpc) is 3.70. The number of allylic oxidation sites excluding steroid dienone is 2. The van der Waals surface area contributed by atoms with Crippen molar-refractivity contribution in [2.75, 3.05) is 0 Å². The maximum atomic E-state index is 2.49. The van der Waals surface area contributed by atoms with Crippen LogP contribution < -0.4 is 0 Å². The molecular formula is C50H48N2. The molecule has 0 spiro atoms. The smallest absolute Gasteiger partial charge is 0.0537 e. The molecule has 0 fully saturated rings. The molecule has 258 valence electrons. The molecule has 2 unspecified atom stereocenters. The highest BCUT2D eigenvalue weighted by atomic mass is 15.0. The summed E-state index contributed by atoms with van der Waals surface area (Å²) in [4.78, 5) is 0. The van der Waals surface area contributed by atoms with Gasteiger partial charge in [-0.3, -0.25) is 0 Å². The predicted molar refractivity (Wildman–Crippen MR) is 221 cm³/mol. The van der Waals surface area contributed by atoms with Gasteiger partial charge in [0, 0.05) is 67.3 Å². The van der Waals surface area contributed by atoms with Crippen LogP contribution in [-0.2, 0) is 10.8 Å². The topological polar surface area (TPSA) is 9.86 Å². The summed E-state index contributed by atoms with van der Waals surface area (Å²) in [5, 5.41) is 2.67. The highest BCUT2D eigenvalue weighted by Gasteiger charge is 2.29. The highest BCUT2D eigenvalue weighted by molar-refractivity contribution is 5.94. The van der Waals surface area contributed by atoms with Gasteiger partial charge in [-0.2, -0.15) is 0 Å². The lowest BCUT2D eigenvalue weighted by Crippen LogP contribution is -2.21. The summed E-state index contributed by atoms with van der Waals surface area (Å²) in [7, 11) is 0. The summed E-state index contributed by atoms with van der Waals surface area (Å²) in [6.07, 6.45) is 11.5. The fourth-order valence-corrected chi connectivity index (χ4v) is 9.14. The van der Waals surface area contributed by atoms with Crippen LogP contribution in [0.3, 0.4) is 0 Å². The molecule has 7 aromatic rings. The number of rotatable bonds is 6. The molecular weight excluding hydrogens is 629 g/mol. The minimum Gasteiger partial charge on any atom is -0.313 e. The third kappa shape index (κ3) is 4.99. The molecule has 9 rings (SSSR count). The molecule has 2 nitrogen and oxygen atoms in total. The first-order valence-electron chi connectivity index (χ1n) is 19.1. The van der Waals surface area contributed by atoms with Crippen molar-refractivity contribution < 1.29 is 0 Å². The number of para-hydroxylation sites is 2. The minimum atomic E-state index is -0.137. The van der Waals surface area contributed by atoms with E-state index in [0.29, 0.717) is 11.8 Å². The average molecular weight is 677 g/mol. The van der Waals surface area contributed by atoms with Gasteiger partial charge < -0.3 is 9.13 Å². The minimum absolute atomic E-state index is 0.137. The van der Waals surface area contributed by atoms with Gasteiger partial charge in [0.2, 0.25) is 0 Å². The molecule has 2 heteroatoms. The second-order valence-electron chi connectivity index (χ2n) is 16.3. The number of hydrogen-bond donors (Lipinski definition) is 0. The van der Waals surface area contributed by atoms with Crippen molar-refractivity contribution in [3.63, 3.8) is 0 Å². The molecule has 0 saturated carbocycles. The van der Waals surface area contributed by atoms with E-state index in [-0.39, 0.29) is 10.8 Å². The van der Waals surface area contributed by atoms with Gasteiger partial charge in [-0.25, -0.2) is 0 Å². The van der Waals surface area contributed by atoms with E-state index >= 15 is 0 Å². The van der Waals surface area contributed by atoms with E-state index in [1.54, 1.807) is 0 Å². The van der Waals surface area contributed by atoms with E-state index in [1.165, 1.54) is 77.9 Å². The molecule has 0 aliphatic heterocycles. The van der Waals surface area contributed by atoms with E-state index in [2.05, 4.69) is 196 Å². The highest BCUT2D eigenvalue weighted by Crippen LogP contribution is 2.42. The molecule has 2 atom stereocenters. The van der Waals surface area contributed by atoms with Crippen LogP contribution in [0.25, 0.3) is 45.3 Å². The van der Waals surface area contributed by atoms with Crippen LogP contribution in [0.5, 0.6) is 0 Å². The van der Waals surface area contributed by atoms with Crippen LogP contribution in [0.1, 0.15) is 111 Å². The fourth-order valence-electron chi connectivity index (χ4n) is 9.14. The molecule has 0 radical (unpaired) electrons. The lowest BCUT2D eigenvalue weighted by Gasteiger charge is -2.30. The lowest BCUT2D eigenvalue weighted by atomic mass is 9.74. The largest absolute Gasteiger partial charge is 0.313 e. The van der Waals surface area contributed by atoms with Gasteiger partial charge in [0.15, 0.2) is 0 Å². The summed E-state index contributed by atoms with van der Waals surface area (Å²) in [5.74, 6) is 0.964. The van der Waals surface area contributed by atoms with Gasteiger partial charge in [0.1, 0.15) is 0 Å². The van der Waals surface area contributed by atoms with Gasteiger partial charge in [-0.05, 0) is 71.5 Å². The van der Waals surface area contributed by atoms with Gasteiger partial charge in [0.05, 0.1) is 11.0 Å². The van der Waals surface area contributed by atoms with Gasteiger partial charge in [-0.1, -0.05) is 151 Å². The zero-order valence-electron chi connectivity index (χ0n) is 31.3. The zero-order chi connectivity index (χ0) is 35.8. The molecule has 2 aromatic heterocycles. The first-order valence-corrected chi connectivity index (χ1v) is 19.1. The standard InChI is InChI=1S/C50H48N2/c1-33-13-11-17-43-41-15-7-9-19-45(41)51(47(33)43)39-29-25-37(26-30-39)49(3,4)35-21-23-36(24-22-35)50(5,6)38-27-31-40(32-28-38)52-46-20-10-8-16-42(46)44-18-12-14-34(2)48(44)52/h7-12,15-34H,13-14H2,1-6H3. The van der Waals surface area contributed by atoms with Gasteiger partial charge >= 0.3 is 0 Å². The normalized spacial score (nSPS) is 17.1. The molecule has 0 saturated heterocycles. The van der Waals surface area contributed by atoms with Gasteiger partial charge in [0.25, 0.3) is 0 Å². The number of fused-ring (bicyclic) bond motifs is 6. The Morgan fingerprint density at radius 1 is 0.442 bits per heavy atom. The van der Waals surface area contributed by atoms with Crippen LogP contribution in [0, 0.1) is 0 Å². The van der Waals surface area contributed by atoms with E-state index in [9.17, 15) is 0 Å². The number of benzene rings is 5. The Morgan fingerprint density at radius 2 is 0.769 bits per heavy atom. The maximum Gasteiger partial charge on any atom is 0.0537 e. The van der Waals surface area contributed by atoms with Crippen LogP contribution in [-0.4, -0.2) is 9.13 Å². The number of aromatic nitrogens is 2. The fraction of sp³-hybridized carbons (Fsp3) is 0.240. The molecule has 52 heavy (non-hydrogen) atoms. The van der Waals surface area contributed by atoms with Crippen molar-refractivity contribution >= 4 is 34.0 Å². The van der Waals surface area contributed by atoms with Crippen LogP contribution in [0.2, 0.25) is 0 Å². The molecule has 0 N–H and O–H groups in total. The lowest BCUT2D eigenvalue weighted by molar-refractivity contribution is 0.626. The summed E-state index contributed by atoms with van der Waals surface area (Å²) < 4.78 is 4.98. The third-order valence-corrected chi connectivity index (χ3v) is 12.4. The molecule has 5 aromatic carbocycles. The first kappa shape index (κ1) is 32.6. The predicted octanol–water partition coefficient (Wildman–Crippen LogP) is 13.3. The second kappa shape index (κ2) is 12.1. The quantitative estimate of drug-likeness (QED) is 0.166. The van der Waals surface area contributed by atoms with E-state index < -0.39 is 0 Å². The molecule has 2 aliphatic rings. The van der Waals surface area contributed by atoms with E-state index in [0.717, 1.165) is 12.8 Å². The second-order valence-corrected chi connectivity index (χ2v) is 16.3. The van der Waals surface area contributed by atoms with Crippen molar-refractivity contribution in [2.45, 2.75) is 77.0 Å². The van der Waals surface area contributed by atoms with Crippen molar-refractivity contribution in [2.24, 2.45) is 0 Å². The van der Waals surface area contributed by atoms with Crippen LogP contribution >= 0.6 is 0 Å². The summed E-state index contributed by atoms with van der Waals surface area (Å²) in [5.41, 5.74) is 15.7. The van der Waals surface area contributed by atoms with E-state index in [4.69, 9.17) is 0 Å². The summed E-state index contributed by atoms with van der Waals surface area (Å²) in [6, 6.07) is 45.7. The summed E-state index contributed by atoms with van der Waals surface area (Å²) >= 11 is 0. The number of nitrogens with zero attached hydrogens (tertiary/aromatic N) is 2. The molecule has 0 bridgehead atoms. The Labute approximate surface area is 308 Å². The van der Waals surface area contributed by atoms with Crippen LogP contribution in [0.4, 0.5) is 0 Å². The van der Waals surface area contributed by atoms with Crippen molar-refractivity contribution in [3.05, 3.63) is 178 Å². The van der Waals surface area contributed by atoms with Crippen LogP contribution in [0.15, 0.2) is 133 Å². The first-order chi connectivity index (χ1) is 25.1. The SMILES string of the molecule is CC1CC=Cc2c1n(-c1ccc(C(C)(C)c3ccc(C(C)(C)c4ccc(-n5c6c(c7ccccc75)C=CCC6C)cc4)cc3)cc1)c1ccccc21.